The lowest BCUT2D eigenvalue weighted by molar-refractivity contribution is 0.201. The van der Waals surface area contributed by atoms with Gasteiger partial charge in [-0.05, 0) is 49.5 Å². The molecule has 0 atom stereocenters. The highest BCUT2D eigenvalue weighted by atomic mass is 16.5. The van der Waals surface area contributed by atoms with Gasteiger partial charge in [-0.3, -0.25) is 0 Å². The number of hydrogen-bond acceptors (Lipinski definition) is 3. The Morgan fingerprint density at radius 1 is 1.31 bits per heavy atom. The minimum atomic E-state index is 0.0670. The van der Waals surface area contributed by atoms with E-state index in [9.17, 15) is 0 Å². The van der Waals surface area contributed by atoms with Crippen LogP contribution in [0.3, 0.4) is 0 Å². The van der Waals surface area contributed by atoms with Crippen LogP contribution in [-0.2, 0) is 0 Å². The zero-order valence-corrected chi connectivity index (χ0v) is 9.48. The summed E-state index contributed by atoms with van der Waals surface area (Å²) in [5, 5.41) is 12.1. The summed E-state index contributed by atoms with van der Waals surface area (Å²) in [7, 11) is 0. The van der Waals surface area contributed by atoms with Gasteiger partial charge in [-0.15, -0.1) is 0 Å². The highest BCUT2D eigenvalue weighted by Crippen LogP contribution is 2.27. The van der Waals surface area contributed by atoms with Crippen molar-refractivity contribution in [1.29, 1.82) is 0 Å². The molecule has 1 aromatic carbocycles. The molecule has 0 aromatic heterocycles. The molecule has 2 N–H and O–H groups in total. The maximum atomic E-state index is 8.71. The molecule has 1 aliphatic rings. The molecule has 0 unspecified atom stereocenters. The van der Waals surface area contributed by atoms with Crippen molar-refractivity contribution in [3.05, 3.63) is 29.8 Å². The minimum Gasteiger partial charge on any atom is -0.491 e. The van der Waals surface area contributed by atoms with Crippen molar-refractivity contribution in [2.75, 3.05) is 26.3 Å². The molecule has 1 aromatic rings. The Morgan fingerprint density at radius 3 is 2.88 bits per heavy atom. The van der Waals surface area contributed by atoms with E-state index >= 15 is 0 Å². The Morgan fingerprint density at radius 2 is 2.12 bits per heavy atom. The van der Waals surface area contributed by atoms with E-state index in [1.807, 2.05) is 12.1 Å². The molecule has 1 saturated heterocycles. The van der Waals surface area contributed by atoms with Crippen LogP contribution in [0.25, 0.3) is 0 Å². The van der Waals surface area contributed by atoms with E-state index in [0.717, 1.165) is 18.8 Å². The van der Waals surface area contributed by atoms with Crippen molar-refractivity contribution in [3.8, 4) is 5.75 Å². The SMILES string of the molecule is OCCOc1cccc(C2CCNCC2)c1. The highest BCUT2D eigenvalue weighted by Gasteiger charge is 2.15. The highest BCUT2D eigenvalue weighted by molar-refractivity contribution is 5.31. The lowest BCUT2D eigenvalue weighted by atomic mass is 9.90. The summed E-state index contributed by atoms with van der Waals surface area (Å²) in [4.78, 5) is 0. The maximum Gasteiger partial charge on any atom is 0.119 e. The summed E-state index contributed by atoms with van der Waals surface area (Å²) < 4.78 is 5.42. The standard InChI is InChI=1S/C13H19NO2/c15-8-9-16-13-3-1-2-12(10-13)11-4-6-14-7-5-11/h1-3,10-11,14-15H,4-9H2. The quantitative estimate of drug-likeness (QED) is 0.810. The molecular weight excluding hydrogens is 202 g/mol. The van der Waals surface area contributed by atoms with Crippen LogP contribution in [0.4, 0.5) is 0 Å². The molecule has 2 rings (SSSR count). The smallest absolute Gasteiger partial charge is 0.119 e. The maximum absolute atomic E-state index is 8.71. The van der Waals surface area contributed by atoms with Gasteiger partial charge in [0.2, 0.25) is 0 Å². The second-order valence-electron chi connectivity index (χ2n) is 4.17. The zero-order chi connectivity index (χ0) is 11.2. The first-order valence-corrected chi connectivity index (χ1v) is 5.94. The molecule has 0 saturated carbocycles. The number of ether oxygens (including phenoxy) is 1. The van der Waals surface area contributed by atoms with Gasteiger partial charge in [0, 0.05) is 0 Å². The predicted molar refractivity (Wildman–Crippen MR) is 63.9 cm³/mol. The van der Waals surface area contributed by atoms with Crippen LogP contribution in [-0.4, -0.2) is 31.4 Å². The second kappa shape index (κ2) is 5.87. The van der Waals surface area contributed by atoms with Crippen molar-refractivity contribution in [2.45, 2.75) is 18.8 Å². The van der Waals surface area contributed by atoms with Crippen LogP contribution in [0, 0.1) is 0 Å². The van der Waals surface area contributed by atoms with Crippen LogP contribution in [0.15, 0.2) is 24.3 Å². The van der Waals surface area contributed by atoms with Crippen molar-refractivity contribution in [2.24, 2.45) is 0 Å². The number of benzene rings is 1. The molecule has 1 aliphatic heterocycles. The molecule has 88 valence electrons. The van der Waals surface area contributed by atoms with Crippen molar-refractivity contribution < 1.29 is 9.84 Å². The second-order valence-corrected chi connectivity index (χ2v) is 4.17. The summed E-state index contributed by atoms with van der Waals surface area (Å²) in [6, 6.07) is 8.25. The van der Waals surface area contributed by atoms with Gasteiger partial charge >= 0.3 is 0 Å². The van der Waals surface area contributed by atoms with Crippen LogP contribution in [0.2, 0.25) is 0 Å². The monoisotopic (exact) mass is 221 g/mol. The summed E-state index contributed by atoms with van der Waals surface area (Å²) >= 11 is 0. The first-order valence-electron chi connectivity index (χ1n) is 5.94. The third-order valence-corrected chi connectivity index (χ3v) is 3.03. The topological polar surface area (TPSA) is 41.5 Å². The number of piperidine rings is 1. The van der Waals surface area contributed by atoms with E-state index in [1.54, 1.807) is 0 Å². The van der Waals surface area contributed by atoms with E-state index in [4.69, 9.17) is 9.84 Å². The normalized spacial score (nSPS) is 17.3. The van der Waals surface area contributed by atoms with E-state index < -0.39 is 0 Å². The van der Waals surface area contributed by atoms with Crippen LogP contribution < -0.4 is 10.1 Å². The Labute approximate surface area is 96.4 Å². The summed E-state index contributed by atoms with van der Waals surface area (Å²) in [6.07, 6.45) is 2.40. The van der Waals surface area contributed by atoms with Crippen molar-refractivity contribution >= 4 is 0 Å². The third kappa shape index (κ3) is 2.97. The molecule has 1 fully saturated rings. The molecular formula is C13H19NO2. The van der Waals surface area contributed by atoms with Gasteiger partial charge in [0.25, 0.3) is 0 Å². The number of aliphatic hydroxyl groups excluding tert-OH is 1. The molecule has 1 heterocycles. The van der Waals surface area contributed by atoms with Gasteiger partial charge in [0.15, 0.2) is 0 Å². The average molecular weight is 221 g/mol. The van der Waals surface area contributed by atoms with Gasteiger partial charge in [0.1, 0.15) is 12.4 Å². The number of nitrogens with one attached hydrogen (secondary N) is 1. The summed E-state index contributed by atoms with van der Waals surface area (Å²) in [6.45, 7) is 2.64. The Bertz CT molecular complexity index is 321. The molecule has 3 nitrogen and oxygen atoms in total. The van der Waals surface area contributed by atoms with Crippen molar-refractivity contribution in [1.82, 2.24) is 5.32 Å². The van der Waals surface area contributed by atoms with Gasteiger partial charge in [-0.2, -0.15) is 0 Å². The van der Waals surface area contributed by atoms with Crippen LogP contribution >= 0.6 is 0 Å². The molecule has 16 heavy (non-hydrogen) atoms. The molecule has 0 amide bonds. The van der Waals surface area contributed by atoms with Crippen LogP contribution in [0.5, 0.6) is 5.75 Å². The fourth-order valence-electron chi connectivity index (χ4n) is 2.18. The Hall–Kier alpha value is -1.06. The van der Waals surface area contributed by atoms with E-state index in [0.29, 0.717) is 12.5 Å². The molecule has 0 aliphatic carbocycles. The van der Waals surface area contributed by atoms with Crippen LogP contribution in [0.1, 0.15) is 24.3 Å². The largest absolute Gasteiger partial charge is 0.491 e. The van der Waals surface area contributed by atoms with Gasteiger partial charge in [0.05, 0.1) is 6.61 Å². The Balaban J connectivity index is 2.02. The van der Waals surface area contributed by atoms with E-state index in [2.05, 4.69) is 17.4 Å². The molecule has 0 spiro atoms. The van der Waals surface area contributed by atoms with Gasteiger partial charge in [-0.25, -0.2) is 0 Å². The predicted octanol–water partition coefficient (Wildman–Crippen LogP) is 1.52. The lowest BCUT2D eigenvalue weighted by Crippen LogP contribution is -2.26. The summed E-state index contributed by atoms with van der Waals surface area (Å²) in [5.41, 5.74) is 1.36. The first kappa shape index (κ1) is 11.4. The number of rotatable bonds is 4. The van der Waals surface area contributed by atoms with E-state index in [-0.39, 0.29) is 6.61 Å². The van der Waals surface area contributed by atoms with Crippen molar-refractivity contribution in [3.63, 3.8) is 0 Å². The first-order chi connectivity index (χ1) is 7.90. The summed E-state index contributed by atoms with van der Waals surface area (Å²) in [5.74, 6) is 1.52. The minimum absolute atomic E-state index is 0.0670. The lowest BCUT2D eigenvalue weighted by Gasteiger charge is -2.23. The Kier molecular flexibility index (Phi) is 4.19. The number of hydrogen-bond donors (Lipinski definition) is 2. The van der Waals surface area contributed by atoms with E-state index in [1.165, 1.54) is 18.4 Å². The third-order valence-electron chi connectivity index (χ3n) is 3.03. The van der Waals surface area contributed by atoms with Gasteiger partial charge in [-0.1, -0.05) is 12.1 Å². The fourth-order valence-corrected chi connectivity index (χ4v) is 2.18. The average Bonchev–Trinajstić information content (AvgIpc) is 2.38. The zero-order valence-electron chi connectivity index (χ0n) is 9.48. The van der Waals surface area contributed by atoms with Gasteiger partial charge < -0.3 is 15.2 Å². The fraction of sp³-hybridized carbons (Fsp3) is 0.538. The molecule has 3 heteroatoms. The molecule has 0 bridgehead atoms. The molecule has 0 radical (unpaired) electrons. The number of aliphatic hydroxyl groups is 1.